The fraction of sp³-hybridized carbons (Fsp3) is 0.500. The minimum Gasteiger partial charge on any atom is -0.495 e. The lowest BCUT2D eigenvalue weighted by Gasteiger charge is -2.30. The van der Waals surface area contributed by atoms with E-state index in [0.29, 0.717) is 34.4 Å². The number of halogens is 1. The van der Waals surface area contributed by atoms with Crippen LogP contribution in [0, 0.1) is 0 Å². The van der Waals surface area contributed by atoms with E-state index in [1.165, 1.54) is 14.2 Å². The van der Waals surface area contributed by atoms with Crippen molar-refractivity contribution in [2.45, 2.75) is 30.7 Å². The van der Waals surface area contributed by atoms with Gasteiger partial charge in [0, 0.05) is 18.2 Å². The van der Waals surface area contributed by atoms with Crippen LogP contribution < -0.4 is 14.8 Å². The summed E-state index contributed by atoms with van der Waals surface area (Å²) in [5, 5.41) is 3.21. The summed E-state index contributed by atoms with van der Waals surface area (Å²) < 4.78 is 10.4. The molecule has 0 unspecified atom stereocenters. The van der Waals surface area contributed by atoms with Gasteiger partial charge in [0.15, 0.2) is 0 Å². The maximum absolute atomic E-state index is 12.7. The Morgan fingerprint density at radius 3 is 2.75 bits per heavy atom. The molecule has 0 radical (unpaired) electrons. The molecule has 1 aromatic rings. The van der Waals surface area contributed by atoms with Gasteiger partial charge in [0.25, 0.3) is 0 Å². The van der Waals surface area contributed by atoms with E-state index >= 15 is 0 Å². The molecule has 0 spiro atoms. The van der Waals surface area contributed by atoms with Crippen LogP contribution in [-0.4, -0.2) is 47.6 Å². The number of hydrogen-bond donors (Lipinski definition) is 1. The van der Waals surface area contributed by atoms with Crippen LogP contribution in [0.1, 0.15) is 19.8 Å². The summed E-state index contributed by atoms with van der Waals surface area (Å²) in [7, 11) is 3.01. The minimum atomic E-state index is -0.486. The van der Waals surface area contributed by atoms with Crippen molar-refractivity contribution in [2.75, 3.05) is 25.3 Å². The van der Waals surface area contributed by atoms with Gasteiger partial charge in [-0.1, -0.05) is 11.6 Å². The summed E-state index contributed by atoms with van der Waals surface area (Å²) in [6.45, 7) is 2.01. The quantitative estimate of drug-likeness (QED) is 0.882. The third-order valence-electron chi connectivity index (χ3n) is 4.48. The Morgan fingerprint density at radius 2 is 2.08 bits per heavy atom. The topological polar surface area (TPSA) is 67.9 Å². The zero-order valence-corrected chi connectivity index (χ0v) is 15.3. The number of thioether (sulfide) groups is 1. The maximum Gasteiger partial charge on any atom is 0.248 e. The lowest BCUT2D eigenvalue weighted by molar-refractivity contribution is -0.135. The zero-order valence-electron chi connectivity index (χ0n) is 13.7. The molecule has 0 saturated carbocycles. The van der Waals surface area contributed by atoms with Crippen molar-refractivity contribution in [1.29, 1.82) is 0 Å². The molecule has 2 fully saturated rings. The fourth-order valence-electron chi connectivity index (χ4n) is 3.19. The highest BCUT2D eigenvalue weighted by molar-refractivity contribution is 8.01. The van der Waals surface area contributed by atoms with Crippen LogP contribution in [0.15, 0.2) is 12.1 Å². The van der Waals surface area contributed by atoms with E-state index in [2.05, 4.69) is 5.32 Å². The number of benzene rings is 1. The van der Waals surface area contributed by atoms with Crippen LogP contribution in [0.2, 0.25) is 5.02 Å². The predicted molar refractivity (Wildman–Crippen MR) is 93.9 cm³/mol. The first-order valence-corrected chi connectivity index (χ1v) is 8.94. The normalized spacial score (nSPS) is 25.6. The Bertz CT molecular complexity index is 699. The summed E-state index contributed by atoms with van der Waals surface area (Å²) in [4.78, 5) is 26.3. The molecule has 1 N–H and O–H groups in total. The lowest BCUT2D eigenvalue weighted by Crippen LogP contribution is -2.48. The van der Waals surface area contributed by atoms with E-state index in [-0.39, 0.29) is 16.7 Å². The van der Waals surface area contributed by atoms with Gasteiger partial charge in [0.1, 0.15) is 17.5 Å². The number of rotatable bonds is 4. The van der Waals surface area contributed by atoms with E-state index in [9.17, 15) is 9.59 Å². The standard InChI is InChI=1S/C16H19ClN2O4S/c1-16-5-4-14(20)19(16)11(8-24-16)15(21)18-10-6-9(17)12(22-2)7-13(10)23-3/h6-7,11H,4-5,8H2,1-3H3,(H,18,21)/t11-,16-/m1/s1. The van der Waals surface area contributed by atoms with E-state index in [1.54, 1.807) is 28.8 Å². The summed E-state index contributed by atoms with van der Waals surface area (Å²) in [6.07, 6.45) is 1.27. The first-order chi connectivity index (χ1) is 11.4. The number of fused-ring (bicyclic) bond motifs is 1. The maximum atomic E-state index is 12.7. The number of anilines is 1. The molecule has 2 amide bonds. The van der Waals surface area contributed by atoms with Crippen molar-refractivity contribution in [1.82, 2.24) is 4.90 Å². The third kappa shape index (κ3) is 2.80. The molecule has 0 aromatic heterocycles. The molecule has 130 valence electrons. The Labute approximate surface area is 149 Å². The molecule has 2 atom stereocenters. The van der Waals surface area contributed by atoms with E-state index in [4.69, 9.17) is 21.1 Å². The molecule has 0 aliphatic carbocycles. The number of nitrogens with one attached hydrogen (secondary N) is 1. The number of carbonyl (C=O) groups is 2. The van der Waals surface area contributed by atoms with E-state index < -0.39 is 6.04 Å². The second-order valence-corrected chi connectivity index (χ2v) is 7.85. The molecule has 1 aromatic carbocycles. The van der Waals surface area contributed by atoms with Crippen LogP contribution in [-0.2, 0) is 9.59 Å². The molecule has 2 aliphatic rings. The number of methoxy groups -OCH3 is 2. The fourth-order valence-corrected chi connectivity index (χ4v) is 4.86. The van der Waals surface area contributed by atoms with Gasteiger partial charge in [0.05, 0.1) is 29.8 Å². The van der Waals surface area contributed by atoms with Gasteiger partial charge >= 0.3 is 0 Å². The van der Waals surface area contributed by atoms with Gasteiger partial charge in [-0.05, 0) is 19.4 Å². The number of carbonyl (C=O) groups excluding carboxylic acids is 2. The number of amides is 2. The van der Waals surface area contributed by atoms with Gasteiger partial charge in [-0.3, -0.25) is 9.59 Å². The highest BCUT2D eigenvalue weighted by atomic mass is 35.5. The monoisotopic (exact) mass is 370 g/mol. The summed E-state index contributed by atoms with van der Waals surface area (Å²) in [5.41, 5.74) is 0.457. The van der Waals surface area contributed by atoms with Crippen molar-refractivity contribution in [2.24, 2.45) is 0 Å². The molecule has 3 rings (SSSR count). The first-order valence-electron chi connectivity index (χ1n) is 7.58. The molecule has 2 heterocycles. The first kappa shape index (κ1) is 17.2. The molecular formula is C16H19ClN2O4S. The van der Waals surface area contributed by atoms with Gasteiger partial charge in [-0.15, -0.1) is 11.8 Å². The summed E-state index contributed by atoms with van der Waals surface area (Å²) >= 11 is 7.79. The Hall–Kier alpha value is -1.60. The number of ether oxygens (including phenoxy) is 2. The van der Waals surface area contributed by atoms with Gasteiger partial charge in [-0.2, -0.15) is 0 Å². The molecule has 0 bridgehead atoms. The number of nitrogens with zero attached hydrogens (tertiary/aromatic N) is 1. The van der Waals surface area contributed by atoms with Crippen LogP contribution in [0.5, 0.6) is 11.5 Å². The zero-order chi connectivity index (χ0) is 17.5. The van der Waals surface area contributed by atoms with Gasteiger partial charge in [0.2, 0.25) is 11.8 Å². The highest BCUT2D eigenvalue weighted by Gasteiger charge is 2.52. The third-order valence-corrected chi connectivity index (χ3v) is 6.28. The van der Waals surface area contributed by atoms with Crippen molar-refractivity contribution in [3.05, 3.63) is 17.2 Å². The Kier molecular flexibility index (Phi) is 4.57. The second kappa shape index (κ2) is 6.37. The van der Waals surface area contributed by atoms with Crippen LogP contribution in [0.25, 0.3) is 0 Å². The van der Waals surface area contributed by atoms with Gasteiger partial charge < -0.3 is 19.7 Å². The van der Waals surface area contributed by atoms with Crippen LogP contribution in [0.3, 0.4) is 0 Å². The average molecular weight is 371 g/mol. The molecule has 2 saturated heterocycles. The molecule has 24 heavy (non-hydrogen) atoms. The average Bonchev–Trinajstić information content (AvgIpc) is 3.04. The van der Waals surface area contributed by atoms with Crippen molar-refractivity contribution >= 4 is 40.9 Å². The van der Waals surface area contributed by atoms with Gasteiger partial charge in [-0.25, -0.2) is 0 Å². The molecule has 8 heteroatoms. The molecular weight excluding hydrogens is 352 g/mol. The lowest BCUT2D eigenvalue weighted by atomic mass is 10.2. The second-order valence-electron chi connectivity index (χ2n) is 5.94. The summed E-state index contributed by atoms with van der Waals surface area (Å²) in [5.74, 6) is 1.29. The smallest absolute Gasteiger partial charge is 0.248 e. The summed E-state index contributed by atoms with van der Waals surface area (Å²) in [6, 6.07) is 2.72. The Morgan fingerprint density at radius 1 is 1.38 bits per heavy atom. The van der Waals surface area contributed by atoms with Crippen LogP contribution in [0.4, 0.5) is 5.69 Å². The van der Waals surface area contributed by atoms with Crippen molar-refractivity contribution < 1.29 is 19.1 Å². The number of hydrogen-bond acceptors (Lipinski definition) is 5. The van der Waals surface area contributed by atoms with Crippen LogP contribution >= 0.6 is 23.4 Å². The largest absolute Gasteiger partial charge is 0.495 e. The molecule has 6 nitrogen and oxygen atoms in total. The van der Waals surface area contributed by atoms with E-state index in [0.717, 1.165) is 6.42 Å². The van der Waals surface area contributed by atoms with Crippen molar-refractivity contribution in [3.8, 4) is 11.5 Å². The minimum absolute atomic E-state index is 0.0300. The predicted octanol–water partition coefficient (Wildman–Crippen LogP) is 2.75. The molecule has 2 aliphatic heterocycles. The van der Waals surface area contributed by atoms with E-state index in [1.807, 2.05) is 6.92 Å². The highest BCUT2D eigenvalue weighted by Crippen LogP contribution is 2.47. The SMILES string of the molecule is COc1cc(OC)c(NC(=O)[C@H]2CS[C@]3(C)CCC(=O)N23)cc1Cl. The van der Waals surface area contributed by atoms with Crippen molar-refractivity contribution in [3.63, 3.8) is 0 Å². The Balaban J connectivity index is 1.83.